The molecule has 3 rings (SSSR count). The third-order valence-electron chi connectivity index (χ3n) is 5.62. The van der Waals surface area contributed by atoms with Crippen LogP contribution in [0.25, 0.3) is 5.57 Å². The van der Waals surface area contributed by atoms with Crippen LogP contribution in [0.1, 0.15) is 64.9 Å². The van der Waals surface area contributed by atoms with Gasteiger partial charge in [-0.15, -0.1) is 0 Å². The summed E-state index contributed by atoms with van der Waals surface area (Å²) in [5.41, 5.74) is 1.28. The highest BCUT2D eigenvalue weighted by atomic mass is 19.1. The number of allylic oxidation sites excluding steroid dienone is 1. The molecule has 1 fully saturated rings. The Bertz CT molecular complexity index is 827. The molecule has 170 valence electrons. The normalized spacial score (nSPS) is 17.1. The zero-order valence-corrected chi connectivity index (χ0v) is 18.6. The van der Waals surface area contributed by atoms with Gasteiger partial charge < -0.3 is 19.1 Å². The van der Waals surface area contributed by atoms with E-state index < -0.39 is 5.60 Å². The van der Waals surface area contributed by atoms with Crippen LogP contribution in [0.15, 0.2) is 24.3 Å². The average Bonchev–Trinajstić information content (AvgIpc) is 2.72. The lowest BCUT2D eigenvalue weighted by atomic mass is 9.83. The number of rotatable bonds is 7. The molecule has 0 saturated carbocycles. The molecule has 0 bridgehead atoms. The van der Waals surface area contributed by atoms with Crippen molar-refractivity contribution in [1.29, 1.82) is 0 Å². The summed E-state index contributed by atoms with van der Waals surface area (Å²) >= 11 is 0. The summed E-state index contributed by atoms with van der Waals surface area (Å²) < 4.78 is 30.6. The second-order valence-corrected chi connectivity index (χ2v) is 8.41. The number of carbonyl (C=O) groups excluding carboxylic acids is 2. The van der Waals surface area contributed by atoms with Crippen LogP contribution in [0.4, 0.5) is 9.18 Å². The highest BCUT2D eigenvalue weighted by molar-refractivity contribution is 5.74. The van der Waals surface area contributed by atoms with Gasteiger partial charge in [-0.25, -0.2) is 9.18 Å². The standard InChI is InChI=1S/C24H32FNO5/c1-4-29-22(27)8-6-5-7-18-16-24(31-21-10-9-19(25)15-20(18)21)11-13-26(14-12-24)23(28)30-17(2)3/h9-10,15-17H,4-8,11-14H2,1-3H3. The predicted octanol–water partition coefficient (Wildman–Crippen LogP) is 5.10. The molecule has 0 N–H and O–H groups in total. The number of amides is 1. The molecule has 1 aromatic carbocycles. The van der Waals surface area contributed by atoms with Gasteiger partial charge >= 0.3 is 12.1 Å². The second-order valence-electron chi connectivity index (χ2n) is 8.41. The Morgan fingerprint density at radius 2 is 1.97 bits per heavy atom. The Labute approximate surface area is 183 Å². The fraction of sp³-hybridized carbons (Fsp3) is 0.583. The number of halogens is 1. The van der Waals surface area contributed by atoms with E-state index >= 15 is 0 Å². The third kappa shape index (κ3) is 5.99. The van der Waals surface area contributed by atoms with Crippen molar-refractivity contribution in [2.24, 2.45) is 0 Å². The van der Waals surface area contributed by atoms with Crippen molar-refractivity contribution in [3.05, 3.63) is 35.7 Å². The van der Waals surface area contributed by atoms with E-state index in [-0.39, 0.29) is 24.0 Å². The van der Waals surface area contributed by atoms with Crippen LogP contribution < -0.4 is 4.74 Å². The number of benzene rings is 1. The maximum absolute atomic E-state index is 13.9. The summed E-state index contributed by atoms with van der Waals surface area (Å²) in [6.07, 6.45) is 5.54. The number of ether oxygens (including phenoxy) is 3. The van der Waals surface area contributed by atoms with Crippen LogP contribution in [-0.4, -0.2) is 48.4 Å². The number of carbonyl (C=O) groups is 2. The summed E-state index contributed by atoms with van der Waals surface area (Å²) in [6, 6.07) is 4.59. The third-order valence-corrected chi connectivity index (χ3v) is 5.62. The van der Waals surface area contributed by atoms with Crippen molar-refractivity contribution >= 4 is 17.6 Å². The minimum Gasteiger partial charge on any atom is -0.482 e. The topological polar surface area (TPSA) is 65.1 Å². The Morgan fingerprint density at radius 1 is 1.23 bits per heavy atom. The van der Waals surface area contributed by atoms with Gasteiger partial charge in [0.05, 0.1) is 12.7 Å². The van der Waals surface area contributed by atoms with Gasteiger partial charge in [-0.2, -0.15) is 0 Å². The molecular weight excluding hydrogens is 401 g/mol. The first-order valence-corrected chi connectivity index (χ1v) is 11.1. The monoisotopic (exact) mass is 433 g/mol. The Kier molecular flexibility index (Phi) is 7.57. The van der Waals surface area contributed by atoms with Crippen LogP contribution in [0, 0.1) is 5.82 Å². The van der Waals surface area contributed by atoms with Gasteiger partial charge in [-0.05, 0) is 69.9 Å². The van der Waals surface area contributed by atoms with Crippen LogP contribution in [0.2, 0.25) is 0 Å². The Morgan fingerprint density at radius 3 is 2.65 bits per heavy atom. The molecule has 2 aliphatic heterocycles. The molecule has 7 heteroatoms. The average molecular weight is 434 g/mol. The maximum atomic E-state index is 13.9. The lowest BCUT2D eigenvalue weighted by Gasteiger charge is -2.43. The fourth-order valence-corrected chi connectivity index (χ4v) is 4.10. The molecule has 0 aliphatic carbocycles. The quantitative estimate of drug-likeness (QED) is 0.442. The highest BCUT2D eigenvalue weighted by Crippen LogP contribution is 2.43. The zero-order valence-electron chi connectivity index (χ0n) is 18.6. The summed E-state index contributed by atoms with van der Waals surface area (Å²) in [4.78, 5) is 25.5. The molecule has 0 radical (unpaired) electrons. The van der Waals surface area contributed by atoms with Crippen LogP contribution in [-0.2, 0) is 14.3 Å². The minimum absolute atomic E-state index is 0.155. The highest BCUT2D eigenvalue weighted by Gasteiger charge is 2.40. The number of likely N-dealkylation sites (tertiary alicyclic amines) is 1. The van der Waals surface area contributed by atoms with E-state index in [1.807, 2.05) is 13.8 Å². The van der Waals surface area contributed by atoms with Crippen molar-refractivity contribution in [3.8, 4) is 5.75 Å². The number of unbranched alkanes of at least 4 members (excludes halogenated alkanes) is 1. The molecule has 1 spiro atoms. The van der Waals surface area contributed by atoms with Gasteiger partial charge in [0, 0.05) is 37.9 Å². The smallest absolute Gasteiger partial charge is 0.410 e. The van der Waals surface area contributed by atoms with Gasteiger partial charge in [0.2, 0.25) is 0 Å². The summed E-state index contributed by atoms with van der Waals surface area (Å²) in [5, 5.41) is 0. The molecule has 6 nitrogen and oxygen atoms in total. The molecule has 0 unspecified atom stereocenters. The molecule has 2 aliphatic rings. The summed E-state index contributed by atoms with van der Waals surface area (Å²) in [7, 11) is 0. The molecule has 2 heterocycles. The van der Waals surface area contributed by atoms with Crippen LogP contribution in [0.5, 0.6) is 5.75 Å². The van der Waals surface area contributed by atoms with E-state index in [0.29, 0.717) is 51.1 Å². The van der Waals surface area contributed by atoms with Gasteiger partial charge in [0.1, 0.15) is 17.2 Å². The molecule has 1 amide bonds. The number of nitrogens with zero attached hydrogens (tertiary/aromatic N) is 1. The van der Waals surface area contributed by atoms with Crippen molar-refractivity contribution in [2.45, 2.75) is 71.0 Å². The van der Waals surface area contributed by atoms with E-state index in [9.17, 15) is 14.0 Å². The lowest BCUT2D eigenvalue weighted by molar-refractivity contribution is -0.143. The van der Waals surface area contributed by atoms with Gasteiger partial charge in [0.15, 0.2) is 0 Å². The van der Waals surface area contributed by atoms with Crippen LogP contribution in [0.3, 0.4) is 0 Å². The number of esters is 1. The number of piperidine rings is 1. The van der Waals surface area contributed by atoms with E-state index in [4.69, 9.17) is 14.2 Å². The minimum atomic E-state index is -0.518. The van der Waals surface area contributed by atoms with Crippen LogP contribution >= 0.6 is 0 Å². The second kappa shape index (κ2) is 10.2. The fourth-order valence-electron chi connectivity index (χ4n) is 4.10. The number of fused-ring (bicyclic) bond motifs is 1. The Balaban J connectivity index is 1.69. The largest absolute Gasteiger partial charge is 0.482 e. The van der Waals surface area contributed by atoms with Gasteiger partial charge in [-0.3, -0.25) is 4.79 Å². The summed E-state index contributed by atoms with van der Waals surface area (Å²) in [5.74, 6) is 0.177. The molecule has 31 heavy (non-hydrogen) atoms. The maximum Gasteiger partial charge on any atom is 0.410 e. The number of hydrogen-bond donors (Lipinski definition) is 0. The van der Waals surface area contributed by atoms with Crippen molar-refractivity contribution < 1.29 is 28.2 Å². The summed E-state index contributed by atoms with van der Waals surface area (Å²) in [6.45, 7) is 6.92. The first-order chi connectivity index (χ1) is 14.8. The van der Waals surface area contributed by atoms with Crippen molar-refractivity contribution in [3.63, 3.8) is 0 Å². The lowest BCUT2D eigenvalue weighted by Crippen LogP contribution is -2.50. The first-order valence-electron chi connectivity index (χ1n) is 11.1. The Hall–Kier alpha value is -2.57. The van der Waals surface area contributed by atoms with Gasteiger partial charge in [-0.1, -0.05) is 0 Å². The number of hydrogen-bond acceptors (Lipinski definition) is 5. The van der Waals surface area contributed by atoms with Crippen molar-refractivity contribution in [1.82, 2.24) is 4.90 Å². The van der Waals surface area contributed by atoms with Gasteiger partial charge in [0.25, 0.3) is 0 Å². The molecule has 1 saturated heterocycles. The van der Waals surface area contributed by atoms with E-state index in [0.717, 1.165) is 24.0 Å². The zero-order chi connectivity index (χ0) is 22.4. The molecule has 1 aromatic rings. The van der Waals surface area contributed by atoms with E-state index in [1.165, 1.54) is 12.1 Å². The molecule has 0 atom stereocenters. The van der Waals surface area contributed by atoms with E-state index in [1.54, 1.807) is 17.9 Å². The SMILES string of the molecule is CCOC(=O)CCCCC1=CC2(CCN(C(=O)OC(C)C)CC2)Oc2ccc(F)cc21. The van der Waals surface area contributed by atoms with E-state index in [2.05, 4.69) is 6.08 Å². The first kappa shape index (κ1) is 23.1. The van der Waals surface area contributed by atoms with Crippen molar-refractivity contribution in [2.75, 3.05) is 19.7 Å². The predicted molar refractivity (Wildman–Crippen MR) is 115 cm³/mol. The molecule has 0 aromatic heterocycles. The molecular formula is C24H32FNO5.